The highest BCUT2D eigenvalue weighted by Crippen LogP contribution is 2.38. The summed E-state index contributed by atoms with van der Waals surface area (Å²) in [5.74, 6) is 0.608. The summed E-state index contributed by atoms with van der Waals surface area (Å²) in [5.41, 5.74) is 1.55. The Bertz CT molecular complexity index is 1470. The van der Waals surface area contributed by atoms with Crippen LogP contribution in [0.2, 0.25) is 5.02 Å². The molecule has 1 saturated carbocycles. The van der Waals surface area contributed by atoms with E-state index in [0.29, 0.717) is 39.4 Å². The van der Waals surface area contributed by atoms with Gasteiger partial charge in [0.05, 0.1) is 22.6 Å². The van der Waals surface area contributed by atoms with Crippen LogP contribution in [-0.4, -0.2) is 23.1 Å². The molecule has 0 atom stereocenters. The van der Waals surface area contributed by atoms with Crippen LogP contribution in [0, 0.1) is 6.92 Å². The molecule has 1 aliphatic carbocycles. The number of anilines is 1. The van der Waals surface area contributed by atoms with Gasteiger partial charge in [-0.15, -0.1) is 0 Å². The normalized spacial score (nSPS) is 14.3. The van der Waals surface area contributed by atoms with Crippen molar-refractivity contribution >= 4 is 38.4 Å². The molecule has 0 unspecified atom stereocenters. The van der Waals surface area contributed by atoms with Crippen LogP contribution in [0.15, 0.2) is 55.0 Å². The number of nitrogens with one attached hydrogen (secondary N) is 1. The van der Waals surface area contributed by atoms with Crippen molar-refractivity contribution in [2.24, 2.45) is 0 Å². The predicted molar refractivity (Wildman–Crippen MR) is 113 cm³/mol. The van der Waals surface area contributed by atoms with Crippen molar-refractivity contribution in [3.8, 4) is 0 Å². The molecule has 31 heavy (non-hydrogen) atoms. The summed E-state index contributed by atoms with van der Waals surface area (Å²) >= 11 is 6.07. The predicted octanol–water partition coefficient (Wildman–Crippen LogP) is 3.67. The van der Waals surface area contributed by atoms with Gasteiger partial charge in [0.2, 0.25) is 5.89 Å². The van der Waals surface area contributed by atoms with E-state index in [-0.39, 0.29) is 17.0 Å². The van der Waals surface area contributed by atoms with Crippen LogP contribution in [0.3, 0.4) is 0 Å². The molecule has 0 amide bonds. The number of fused-ring (bicyclic) bond motifs is 1. The number of nitrogens with zero attached hydrogens (tertiary/aromatic N) is 3. The van der Waals surface area contributed by atoms with Crippen molar-refractivity contribution in [3.63, 3.8) is 0 Å². The second-order valence-electron chi connectivity index (χ2n) is 7.42. The van der Waals surface area contributed by atoms with Crippen molar-refractivity contribution < 1.29 is 17.4 Å². The lowest BCUT2D eigenvalue weighted by Crippen LogP contribution is -2.16. The third-order valence-electron chi connectivity index (χ3n) is 5.17. The Labute approximate surface area is 181 Å². The largest absolute Gasteiger partial charge is 0.420 e. The van der Waals surface area contributed by atoms with Crippen LogP contribution >= 0.6 is 11.6 Å². The van der Waals surface area contributed by atoms with Crippen molar-refractivity contribution in [2.45, 2.75) is 37.1 Å². The Morgan fingerprint density at radius 3 is 2.84 bits per heavy atom. The molecule has 2 aromatic heterocycles. The Hall–Kier alpha value is -3.11. The minimum atomic E-state index is -3.93. The summed E-state index contributed by atoms with van der Waals surface area (Å²) in [6.07, 6.45) is 2.05. The molecule has 0 saturated heterocycles. The number of benzene rings is 2. The van der Waals surface area contributed by atoms with Gasteiger partial charge >= 0.3 is 5.76 Å². The number of oxazole rings is 1. The van der Waals surface area contributed by atoms with Gasteiger partial charge in [-0.05, 0) is 49.6 Å². The molecule has 0 spiro atoms. The molecule has 9 nitrogen and oxygen atoms in total. The minimum absolute atomic E-state index is 0.0455. The lowest BCUT2D eigenvalue weighted by molar-refractivity contribution is 0.372. The molecule has 2 aromatic carbocycles. The van der Waals surface area contributed by atoms with Crippen LogP contribution < -0.4 is 10.5 Å². The number of aromatic nitrogens is 3. The number of halogens is 1. The first-order valence-electron chi connectivity index (χ1n) is 9.55. The van der Waals surface area contributed by atoms with Gasteiger partial charge in [-0.2, -0.15) is 4.98 Å². The van der Waals surface area contributed by atoms with Gasteiger partial charge < -0.3 is 8.94 Å². The third kappa shape index (κ3) is 3.72. The van der Waals surface area contributed by atoms with E-state index in [1.807, 2.05) is 0 Å². The average molecular weight is 461 g/mol. The summed E-state index contributed by atoms with van der Waals surface area (Å²) in [6, 6.07) is 9.18. The van der Waals surface area contributed by atoms with E-state index in [2.05, 4.69) is 14.9 Å². The van der Waals surface area contributed by atoms with Crippen LogP contribution in [0.1, 0.15) is 36.0 Å². The molecule has 2 heterocycles. The highest BCUT2D eigenvalue weighted by Gasteiger charge is 2.30. The summed E-state index contributed by atoms with van der Waals surface area (Å²) in [5, 5.41) is 4.36. The molecule has 11 heteroatoms. The maximum Gasteiger partial charge on any atom is 0.420 e. The van der Waals surface area contributed by atoms with Gasteiger partial charge in [-0.1, -0.05) is 22.8 Å². The van der Waals surface area contributed by atoms with E-state index >= 15 is 0 Å². The second-order valence-corrected chi connectivity index (χ2v) is 9.51. The smallest absolute Gasteiger partial charge is 0.408 e. The van der Waals surface area contributed by atoms with Gasteiger partial charge in [0.15, 0.2) is 11.4 Å². The summed E-state index contributed by atoms with van der Waals surface area (Å²) in [4.78, 5) is 16.6. The van der Waals surface area contributed by atoms with Crippen molar-refractivity contribution in [1.82, 2.24) is 14.7 Å². The van der Waals surface area contributed by atoms with Crippen LogP contribution in [0.5, 0.6) is 0 Å². The monoisotopic (exact) mass is 460 g/mol. The molecule has 4 aromatic rings. The maximum atomic E-state index is 12.9. The number of sulfonamides is 1. The molecule has 1 fully saturated rings. The Kier molecular flexibility index (Phi) is 4.63. The van der Waals surface area contributed by atoms with Gasteiger partial charge in [-0.3, -0.25) is 9.29 Å². The molecular formula is C20H17ClN4O5S. The van der Waals surface area contributed by atoms with Crippen molar-refractivity contribution in [3.05, 3.63) is 69.3 Å². The number of hydrogen-bond acceptors (Lipinski definition) is 7. The Balaban J connectivity index is 1.46. The van der Waals surface area contributed by atoms with Crippen molar-refractivity contribution in [1.29, 1.82) is 0 Å². The van der Waals surface area contributed by atoms with E-state index in [9.17, 15) is 13.2 Å². The lowest BCUT2D eigenvalue weighted by Gasteiger charge is -2.11. The summed E-state index contributed by atoms with van der Waals surface area (Å²) < 4.78 is 40.1. The first-order valence-corrected chi connectivity index (χ1v) is 11.4. The fraction of sp³-hybridized carbons (Fsp3) is 0.250. The summed E-state index contributed by atoms with van der Waals surface area (Å²) in [6.45, 7) is 1.78. The van der Waals surface area contributed by atoms with E-state index in [4.69, 9.17) is 20.5 Å². The van der Waals surface area contributed by atoms with E-state index in [0.717, 1.165) is 12.8 Å². The molecule has 160 valence electrons. The van der Waals surface area contributed by atoms with E-state index in [1.165, 1.54) is 22.8 Å². The molecule has 0 radical (unpaired) electrons. The van der Waals surface area contributed by atoms with Gasteiger partial charge in [0.1, 0.15) is 0 Å². The summed E-state index contributed by atoms with van der Waals surface area (Å²) in [7, 11) is -3.93. The minimum Gasteiger partial charge on any atom is -0.408 e. The Morgan fingerprint density at radius 2 is 2.06 bits per heavy atom. The van der Waals surface area contributed by atoms with Gasteiger partial charge in [-0.25, -0.2) is 13.2 Å². The van der Waals surface area contributed by atoms with Crippen LogP contribution in [0.25, 0.3) is 11.1 Å². The van der Waals surface area contributed by atoms with E-state index < -0.39 is 15.8 Å². The zero-order valence-corrected chi connectivity index (χ0v) is 17.9. The van der Waals surface area contributed by atoms with Gasteiger partial charge in [0, 0.05) is 17.0 Å². The third-order valence-corrected chi connectivity index (χ3v) is 6.94. The fourth-order valence-electron chi connectivity index (χ4n) is 3.25. The zero-order valence-electron chi connectivity index (χ0n) is 16.3. The molecule has 0 aliphatic heterocycles. The molecular weight excluding hydrogens is 444 g/mol. The number of rotatable bonds is 6. The average Bonchev–Trinajstić information content (AvgIpc) is 3.40. The lowest BCUT2D eigenvalue weighted by atomic mass is 10.2. The topological polar surface area (TPSA) is 120 Å². The number of hydrogen-bond donors (Lipinski definition) is 1. The SMILES string of the molecule is Cc1c(Cl)cccc1NS(=O)(=O)c1ccc2c(c1)oc(=O)n2Cc1noc(C2CC2)n1. The molecule has 0 bridgehead atoms. The van der Waals surface area contributed by atoms with Gasteiger partial charge in [0.25, 0.3) is 10.0 Å². The van der Waals surface area contributed by atoms with Crippen molar-refractivity contribution in [2.75, 3.05) is 4.72 Å². The highest BCUT2D eigenvalue weighted by molar-refractivity contribution is 7.92. The molecule has 1 N–H and O–H groups in total. The quantitative estimate of drug-likeness (QED) is 0.466. The highest BCUT2D eigenvalue weighted by atomic mass is 35.5. The maximum absolute atomic E-state index is 12.9. The first kappa shape index (κ1) is 19.8. The fourth-order valence-corrected chi connectivity index (χ4v) is 4.57. The standard InChI is InChI=1S/C20H17ClN4O5S/c1-11-14(21)3-2-4-15(11)24-31(27,28)13-7-8-16-17(9-13)29-20(26)25(16)10-18-22-19(30-23-18)12-5-6-12/h2-4,7-9,12,24H,5-6,10H2,1H3. The van der Waals surface area contributed by atoms with E-state index in [1.54, 1.807) is 25.1 Å². The molecule has 1 aliphatic rings. The first-order chi connectivity index (χ1) is 14.8. The van der Waals surface area contributed by atoms with Crippen LogP contribution in [-0.2, 0) is 16.6 Å². The Morgan fingerprint density at radius 1 is 1.26 bits per heavy atom. The second kappa shape index (κ2) is 7.24. The van der Waals surface area contributed by atoms with Crippen LogP contribution in [0.4, 0.5) is 5.69 Å². The zero-order chi connectivity index (χ0) is 21.8. The molecule has 5 rings (SSSR count).